The van der Waals surface area contributed by atoms with Gasteiger partial charge in [-0.2, -0.15) is 0 Å². The first-order valence-electron chi connectivity index (χ1n) is 6.39. The molecule has 0 spiro atoms. The van der Waals surface area contributed by atoms with Crippen molar-refractivity contribution in [2.75, 3.05) is 25.7 Å². The van der Waals surface area contributed by atoms with Crippen LogP contribution in [-0.2, 0) is 9.84 Å². The summed E-state index contributed by atoms with van der Waals surface area (Å²) in [5, 5.41) is 0. The van der Waals surface area contributed by atoms with Crippen molar-refractivity contribution < 1.29 is 17.9 Å². The molecule has 6 nitrogen and oxygen atoms in total. The molecule has 1 aromatic rings. The van der Waals surface area contributed by atoms with Gasteiger partial charge in [-0.05, 0) is 18.4 Å². The number of nitrogens with two attached hydrogens (primary N) is 1. The second-order valence-electron chi connectivity index (χ2n) is 4.92. The van der Waals surface area contributed by atoms with Crippen LogP contribution in [0.4, 0.5) is 0 Å². The zero-order chi connectivity index (χ0) is 14.8. The summed E-state index contributed by atoms with van der Waals surface area (Å²) in [6, 6.07) is 5.18. The minimum atomic E-state index is -2.95. The number of nitrogens with one attached hydrogen (secondary N) is 1. The summed E-state index contributed by atoms with van der Waals surface area (Å²) in [5.41, 5.74) is 3.57. The molecule has 3 N–H and O–H groups in total. The van der Waals surface area contributed by atoms with Gasteiger partial charge in [-0.1, -0.05) is 6.07 Å². The minimum Gasteiger partial charge on any atom is -0.497 e. The molecule has 0 aliphatic carbocycles. The molecule has 1 fully saturated rings. The van der Waals surface area contributed by atoms with Crippen LogP contribution in [0.3, 0.4) is 0 Å². The number of hydrazine groups is 1. The first kappa shape index (κ1) is 15.1. The third kappa shape index (κ3) is 3.05. The molecule has 112 valence electrons. The molecule has 0 bridgehead atoms. The number of methoxy groups -OCH3 is 2. The first-order chi connectivity index (χ1) is 9.50. The number of sulfone groups is 1. The van der Waals surface area contributed by atoms with E-state index in [0.717, 1.165) is 5.56 Å². The van der Waals surface area contributed by atoms with Gasteiger partial charge in [-0.25, -0.2) is 8.42 Å². The zero-order valence-corrected chi connectivity index (χ0v) is 12.4. The maximum Gasteiger partial charge on any atom is 0.150 e. The van der Waals surface area contributed by atoms with Crippen LogP contribution in [0.1, 0.15) is 18.0 Å². The van der Waals surface area contributed by atoms with E-state index in [1.165, 1.54) is 0 Å². The molecule has 7 heteroatoms. The third-order valence-electron chi connectivity index (χ3n) is 3.69. The van der Waals surface area contributed by atoms with Crippen molar-refractivity contribution in [3.63, 3.8) is 0 Å². The molecule has 2 unspecified atom stereocenters. The Bertz CT molecular complexity index is 574. The van der Waals surface area contributed by atoms with E-state index < -0.39 is 9.84 Å². The number of hydrogen-bond acceptors (Lipinski definition) is 6. The van der Waals surface area contributed by atoms with Gasteiger partial charge in [-0.15, -0.1) is 0 Å². The Morgan fingerprint density at radius 1 is 1.35 bits per heavy atom. The van der Waals surface area contributed by atoms with Crippen LogP contribution in [0.5, 0.6) is 11.5 Å². The lowest BCUT2D eigenvalue weighted by Gasteiger charge is -2.24. The molecular weight excluding hydrogens is 280 g/mol. The number of hydrogen-bond donors (Lipinski definition) is 2. The van der Waals surface area contributed by atoms with Gasteiger partial charge in [0, 0.05) is 11.6 Å². The monoisotopic (exact) mass is 300 g/mol. The van der Waals surface area contributed by atoms with Crippen LogP contribution in [0.2, 0.25) is 0 Å². The lowest BCUT2D eigenvalue weighted by Crippen LogP contribution is -2.34. The maximum absolute atomic E-state index is 11.6. The summed E-state index contributed by atoms with van der Waals surface area (Å²) < 4.78 is 33.8. The molecule has 1 aromatic carbocycles. The molecule has 0 amide bonds. The van der Waals surface area contributed by atoms with E-state index in [-0.39, 0.29) is 23.5 Å². The minimum absolute atomic E-state index is 0.0488. The summed E-state index contributed by atoms with van der Waals surface area (Å²) in [6.45, 7) is 0. The van der Waals surface area contributed by atoms with Gasteiger partial charge in [0.15, 0.2) is 9.84 Å². The normalized spacial score (nSPS) is 22.4. The first-order valence-corrected chi connectivity index (χ1v) is 8.21. The van der Waals surface area contributed by atoms with Crippen LogP contribution >= 0.6 is 0 Å². The SMILES string of the molecule is COc1ccc(C(NN)C2CCS(=O)(=O)C2)c(OC)c1. The van der Waals surface area contributed by atoms with Crippen LogP contribution in [0, 0.1) is 5.92 Å². The molecule has 1 aliphatic heterocycles. The molecule has 2 rings (SSSR count). The van der Waals surface area contributed by atoms with E-state index >= 15 is 0 Å². The highest BCUT2D eigenvalue weighted by Crippen LogP contribution is 2.36. The largest absolute Gasteiger partial charge is 0.497 e. The fourth-order valence-corrected chi connectivity index (χ4v) is 4.48. The smallest absolute Gasteiger partial charge is 0.150 e. The Kier molecular flexibility index (Phi) is 4.52. The fraction of sp³-hybridized carbons (Fsp3) is 0.538. The van der Waals surface area contributed by atoms with Crippen molar-refractivity contribution in [3.05, 3.63) is 23.8 Å². The molecule has 1 saturated heterocycles. The van der Waals surface area contributed by atoms with Crippen molar-refractivity contribution in [1.82, 2.24) is 5.43 Å². The molecule has 20 heavy (non-hydrogen) atoms. The van der Waals surface area contributed by atoms with Crippen molar-refractivity contribution in [2.24, 2.45) is 11.8 Å². The van der Waals surface area contributed by atoms with Crippen molar-refractivity contribution >= 4 is 9.84 Å². The molecule has 0 radical (unpaired) electrons. The summed E-state index contributed by atoms with van der Waals surface area (Å²) in [5.74, 6) is 7.27. The Morgan fingerprint density at radius 2 is 2.10 bits per heavy atom. The van der Waals surface area contributed by atoms with Crippen molar-refractivity contribution in [3.8, 4) is 11.5 Å². The predicted octanol–water partition coefficient (Wildman–Crippen LogP) is 0.643. The van der Waals surface area contributed by atoms with E-state index in [9.17, 15) is 8.42 Å². The van der Waals surface area contributed by atoms with Gasteiger partial charge in [0.2, 0.25) is 0 Å². The molecule has 1 heterocycles. The summed E-state index contributed by atoms with van der Waals surface area (Å²) in [4.78, 5) is 0. The highest BCUT2D eigenvalue weighted by atomic mass is 32.2. The lowest BCUT2D eigenvalue weighted by atomic mass is 9.92. The third-order valence-corrected chi connectivity index (χ3v) is 5.49. The quantitative estimate of drug-likeness (QED) is 0.613. The second-order valence-corrected chi connectivity index (χ2v) is 7.14. The molecule has 0 saturated carbocycles. The molecule has 0 aromatic heterocycles. The molecular formula is C13H20N2O4S. The number of ether oxygens (including phenoxy) is 2. The van der Waals surface area contributed by atoms with Gasteiger partial charge < -0.3 is 9.47 Å². The van der Waals surface area contributed by atoms with Crippen LogP contribution in [0.15, 0.2) is 18.2 Å². The van der Waals surface area contributed by atoms with E-state index in [0.29, 0.717) is 17.9 Å². The van der Waals surface area contributed by atoms with Crippen LogP contribution in [0.25, 0.3) is 0 Å². The van der Waals surface area contributed by atoms with E-state index in [1.807, 2.05) is 12.1 Å². The van der Waals surface area contributed by atoms with Gasteiger partial charge in [-0.3, -0.25) is 11.3 Å². The van der Waals surface area contributed by atoms with Gasteiger partial charge in [0.25, 0.3) is 0 Å². The fourth-order valence-electron chi connectivity index (χ4n) is 2.64. The maximum atomic E-state index is 11.6. The molecule has 1 aliphatic rings. The number of rotatable bonds is 5. The highest BCUT2D eigenvalue weighted by molar-refractivity contribution is 7.91. The van der Waals surface area contributed by atoms with Gasteiger partial charge in [0.05, 0.1) is 31.8 Å². The van der Waals surface area contributed by atoms with E-state index in [4.69, 9.17) is 15.3 Å². The predicted molar refractivity (Wildman–Crippen MR) is 76.4 cm³/mol. The van der Waals surface area contributed by atoms with E-state index in [1.54, 1.807) is 20.3 Å². The van der Waals surface area contributed by atoms with Crippen molar-refractivity contribution in [1.29, 1.82) is 0 Å². The Hall–Kier alpha value is -1.31. The Balaban J connectivity index is 2.32. The average molecular weight is 300 g/mol. The topological polar surface area (TPSA) is 90.6 Å². The van der Waals surface area contributed by atoms with Gasteiger partial charge >= 0.3 is 0 Å². The zero-order valence-electron chi connectivity index (χ0n) is 11.6. The lowest BCUT2D eigenvalue weighted by molar-refractivity contribution is 0.358. The van der Waals surface area contributed by atoms with Crippen LogP contribution < -0.4 is 20.7 Å². The average Bonchev–Trinajstić information content (AvgIpc) is 2.80. The summed E-state index contributed by atoms with van der Waals surface area (Å²) in [6.07, 6.45) is 0.604. The second kappa shape index (κ2) is 5.99. The Morgan fingerprint density at radius 3 is 2.60 bits per heavy atom. The summed E-state index contributed by atoms with van der Waals surface area (Å²) >= 11 is 0. The summed E-state index contributed by atoms with van der Waals surface area (Å²) in [7, 11) is 0.195. The van der Waals surface area contributed by atoms with E-state index in [2.05, 4.69) is 5.43 Å². The van der Waals surface area contributed by atoms with Crippen molar-refractivity contribution in [2.45, 2.75) is 12.5 Å². The highest BCUT2D eigenvalue weighted by Gasteiger charge is 2.35. The Labute approximate surface area is 119 Å². The van der Waals surface area contributed by atoms with Gasteiger partial charge in [0.1, 0.15) is 11.5 Å². The standard InChI is InChI=1S/C13H20N2O4S/c1-18-10-3-4-11(12(7-10)19-2)13(15-14)9-5-6-20(16,17)8-9/h3-4,7,9,13,15H,5-6,8,14H2,1-2H3. The number of benzene rings is 1. The molecule has 2 atom stereocenters. The van der Waals surface area contributed by atoms with Crippen LogP contribution in [-0.4, -0.2) is 34.1 Å².